The first-order valence-electron chi connectivity index (χ1n) is 22.7. The molecular formula is C43H58N5O21P3S4. The average Bonchev–Trinajstić information content (AvgIpc) is 3.74. The molecule has 1 aliphatic heterocycles. The maximum absolute atomic E-state index is 13.7. The Morgan fingerprint density at radius 3 is 2.24 bits per heavy atom. The molecule has 4 rings (SSSR count). The number of rotatable bonds is 31. The molecule has 420 valence electrons. The highest BCUT2D eigenvalue weighted by atomic mass is 33.1. The molecule has 1 fully saturated rings. The number of unbranched alkanes of at least 4 members (excludes halogenated alkanes) is 1. The van der Waals surface area contributed by atoms with Gasteiger partial charge in [0.1, 0.15) is 30.6 Å². The quantitative estimate of drug-likeness (QED) is 0.0139. The van der Waals surface area contributed by atoms with Crippen LogP contribution < -0.4 is 27.6 Å². The number of nitrogens with two attached hydrogens (primary N) is 1. The first-order chi connectivity index (χ1) is 36.0. The van der Waals surface area contributed by atoms with Crippen molar-refractivity contribution in [2.45, 2.75) is 68.5 Å². The predicted molar refractivity (Wildman–Crippen MR) is 284 cm³/mol. The molecule has 2 heterocycles. The number of aromatic amines is 1. The molecule has 2 aromatic carbocycles. The Morgan fingerprint density at radius 1 is 0.868 bits per heavy atom. The van der Waals surface area contributed by atoms with Gasteiger partial charge in [0.05, 0.1) is 50.7 Å². The first-order valence-corrected chi connectivity index (χ1v) is 32.4. The van der Waals surface area contributed by atoms with Gasteiger partial charge in [-0.1, -0.05) is 79.3 Å². The summed E-state index contributed by atoms with van der Waals surface area (Å²) in [5.74, 6) is 2.85. The fourth-order valence-electron chi connectivity index (χ4n) is 6.87. The Labute approximate surface area is 451 Å². The van der Waals surface area contributed by atoms with Crippen LogP contribution in [-0.2, 0) is 60.1 Å². The summed E-state index contributed by atoms with van der Waals surface area (Å²) in [6.45, 7) is 3.48. The predicted octanol–water partition coefficient (Wildman–Crippen LogP) is 4.96. The van der Waals surface area contributed by atoms with Crippen LogP contribution in [0.15, 0.2) is 58.3 Å². The molecule has 26 nitrogen and oxygen atoms in total. The second-order valence-corrected chi connectivity index (χ2v) is 25.8. The van der Waals surface area contributed by atoms with E-state index in [1.54, 1.807) is 30.3 Å². The molecule has 0 spiro atoms. The number of hydrogen-bond donors (Lipinski definition) is 8. The lowest BCUT2D eigenvalue weighted by Gasteiger charge is -2.22. The summed E-state index contributed by atoms with van der Waals surface area (Å²) in [6, 6.07) is 11.5. The van der Waals surface area contributed by atoms with Crippen LogP contribution in [0.2, 0.25) is 0 Å². The third-order valence-electron chi connectivity index (χ3n) is 10.1. The van der Waals surface area contributed by atoms with Crippen molar-refractivity contribution in [3.8, 4) is 11.8 Å². The van der Waals surface area contributed by atoms with Gasteiger partial charge in [-0.25, -0.2) is 28.1 Å². The minimum atomic E-state index is -5.90. The molecule has 0 bridgehead atoms. The van der Waals surface area contributed by atoms with Gasteiger partial charge < -0.3 is 59.6 Å². The number of amides is 2. The molecule has 0 saturated carbocycles. The van der Waals surface area contributed by atoms with Gasteiger partial charge in [0.2, 0.25) is 11.8 Å². The number of esters is 2. The van der Waals surface area contributed by atoms with Crippen molar-refractivity contribution in [3.63, 3.8) is 0 Å². The summed E-state index contributed by atoms with van der Waals surface area (Å²) in [7, 11) is -11.3. The van der Waals surface area contributed by atoms with Gasteiger partial charge in [-0.2, -0.15) is 8.62 Å². The van der Waals surface area contributed by atoms with Gasteiger partial charge in [0.15, 0.2) is 0 Å². The standard InChI is InChI=1S/C43H58N5O21P3S4/c1-27(75-73-3)31-11-5-6-12-33(31)42(53)67-35-23-39(66-36(35)25-65-71(58,59)69-72(60,61)68-70(55,56)57)48-24-29(40(51)47-43(48)54)10-9-17-45-37(49)13-7-8-18-64-41(52)34-22-30(14-15-32(34)28(2)76-74-4)46-38(50)26-63-21-20-62-19-16-44/h5-6,11-12,14-15,22,24,27-28,35-36,39H,7-8,13,16-21,23,25-26,44H2,1-4H3,(H,45,49)(H,46,50)(H,58,59)(H,60,61)(H,47,51,54)(H2,55,56,57)/t27?,28?,35?,36-,39-/m1/s1. The lowest BCUT2D eigenvalue weighted by molar-refractivity contribution is -0.121. The van der Waals surface area contributed by atoms with E-state index in [9.17, 15) is 52.2 Å². The van der Waals surface area contributed by atoms with Crippen molar-refractivity contribution in [1.82, 2.24) is 14.9 Å². The number of H-pyrrole nitrogens is 1. The Morgan fingerprint density at radius 2 is 1.55 bits per heavy atom. The molecule has 7 atom stereocenters. The molecule has 76 heavy (non-hydrogen) atoms. The summed E-state index contributed by atoms with van der Waals surface area (Å²) in [5, 5.41) is 5.01. The number of anilines is 1. The second-order valence-electron chi connectivity index (χ2n) is 15.8. The number of carbonyl (C=O) groups excluding carboxylic acids is 4. The molecule has 2 amide bonds. The van der Waals surface area contributed by atoms with Crippen LogP contribution in [0.3, 0.4) is 0 Å². The molecule has 0 aliphatic carbocycles. The highest BCUT2D eigenvalue weighted by molar-refractivity contribution is 8.76. The Hall–Kier alpha value is -3.79. The number of nitrogens with one attached hydrogen (secondary N) is 3. The summed E-state index contributed by atoms with van der Waals surface area (Å²) >= 11 is 0. The van der Waals surface area contributed by atoms with Crippen LogP contribution in [-0.4, -0.2) is 130 Å². The minimum absolute atomic E-state index is 0.0160. The van der Waals surface area contributed by atoms with E-state index < -0.39 is 83.5 Å². The van der Waals surface area contributed by atoms with Crippen LogP contribution >= 0.6 is 66.6 Å². The maximum atomic E-state index is 13.7. The Kier molecular flexibility index (Phi) is 27.0. The van der Waals surface area contributed by atoms with Crippen LogP contribution in [0.5, 0.6) is 0 Å². The summed E-state index contributed by atoms with van der Waals surface area (Å²) in [5.41, 5.74) is 5.25. The molecule has 1 aromatic heterocycles. The molecule has 1 saturated heterocycles. The van der Waals surface area contributed by atoms with E-state index in [2.05, 4.69) is 36.1 Å². The molecule has 5 unspecified atom stereocenters. The van der Waals surface area contributed by atoms with Gasteiger partial charge in [0.25, 0.3) is 5.56 Å². The van der Waals surface area contributed by atoms with E-state index in [0.29, 0.717) is 42.8 Å². The van der Waals surface area contributed by atoms with Crippen molar-refractivity contribution in [3.05, 3.63) is 97.3 Å². The zero-order valence-electron chi connectivity index (χ0n) is 41.2. The lowest BCUT2D eigenvalue weighted by Crippen LogP contribution is -2.34. The van der Waals surface area contributed by atoms with Crippen molar-refractivity contribution in [2.24, 2.45) is 5.73 Å². The summed E-state index contributed by atoms with van der Waals surface area (Å²) in [4.78, 5) is 118. The average molecular weight is 1200 g/mol. The third-order valence-corrected chi connectivity index (χ3v) is 18.3. The van der Waals surface area contributed by atoms with Crippen molar-refractivity contribution in [2.75, 3.05) is 70.6 Å². The zero-order valence-corrected chi connectivity index (χ0v) is 47.2. The van der Waals surface area contributed by atoms with E-state index in [1.807, 2.05) is 26.4 Å². The zero-order chi connectivity index (χ0) is 56.1. The van der Waals surface area contributed by atoms with E-state index in [-0.39, 0.29) is 73.0 Å². The highest BCUT2D eigenvalue weighted by Gasteiger charge is 2.45. The largest absolute Gasteiger partial charge is 0.490 e. The van der Waals surface area contributed by atoms with Gasteiger partial charge in [0, 0.05) is 41.8 Å². The molecule has 1 aliphatic rings. The second kappa shape index (κ2) is 31.7. The highest BCUT2D eigenvalue weighted by Crippen LogP contribution is 2.66. The van der Waals surface area contributed by atoms with Crippen LogP contribution in [0.1, 0.15) is 93.7 Å². The van der Waals surface area contributed by atoms with E-state index >= 15 is 0 Å². The topological polar surface area (TPSA) is 379 Å². The number of hydrogen-bond acceptors (Lipinski definition) is 22. The Bertz CT molecular complexity index is 2810. The van der Waals surface area contributed by atoms with Gasteiger partial charge >= 0.3 is 41.1 Å². The minimum Gasteiger partial charge on any atom is -0.462 e. The maximum Gasteiger partial charge on any atom is 0.490 e. The lowest BCUT2D eigenvalue weighted by atomic mass is 10.0. The normalized spacial score (nSPS) is 17.8. The number of phosphoric ester groups is 1. The fourth-order valence-corrected chi connectivity index (χ4v) is 13.4. The number of nitrogens with zero attached hydrogens (tertiary/aromatic N) is 1. The van der Waals surface area contributed by atoms with Crippen molar-refractivity contribution >= 4 is 96.1 Å². The van der Waals surface area contributed by atoms with Gasteiger partial charge in [-0.3, -0.25) is 28.5 Å². The fraction of sp³-hybridized carbons (Fsp3) is 0.488. The van der Waals surface area contributed by atoms with Crippen molar-refractivity contribution < 1.29 is 89.3 Å². The first kappa shape index (κ1) is 64.7. The molecule has 0 radical (unpaired) electrons. The summed E-state index contributed by atoms with van der Waals surface area (Å²) < 4.78 is 76.7. The van der Waals surface area contributed by atoms with Gasteiger partial charge in [-0.05, 0) is 68.5 Å². The number of benzene rings is 2. The van der Waals surface area contributed by atoms with Crippen LogP contribution in [0.25, 0.3) is 0 Å². The Balaban J connectivity index is 1.37. The molecular weight excluding hydrogens is 1140 g/mol. The third kappa shape index (κ3) is 22.2. The van der Waals surface area contributed by atoms with Crippen molar-refractivity contribution in [1.29, 1.82) is 0 Å². The molecule has 33 heteroatoms. The SMILES string of the molecule is CSSC(C)c1ccc(NC(=O)COCCOCCN)cc1C(=O)OCCCCC(=O)NCC#Cc1cn([C@H]2CC(OC(=O)c3ccccc3C(C)SSC)[C@@H](COP(=O)(O)OP(=O)(O)OP(=O)(O)O)O2)c(=O)[nH]c1=O. The monoisotopic (exact) mass is 1200 g/mol. The number of ether oxygens (including phenoxy) is 5. The smallest absolute Gasteiger partial charge is 0.462 e. The van der Waals surface area contributed by atoms with E-state index in [4.69, 9.17) is 43.7 Å². The number of phosphoric acid groups is 3. The number of carbonyl (C=O) groups is 4. The van der Waals surface area contributed by atoms with Gasteiger partial charge in [-0.15, -0.1) is 0 Å². The van der Waals surface area contributed by atoms with Crippen LogP contribution in [0.4, 0.5) is 5.69 Å². The summed E-state index contributed by atoms with van der Waals surface area (Å²) in [6.07, 6.45) is 0.793. The molecule has 3 aromatic rings. The number of aromatic nitrogens is 2. The van der Waals surface area contributed by atoms with E-state index in [0.717, 1.165) is 10.8 Å². The van der Waals surface area contributed by atoms with Crippen LogP contribution in [0, 0.1) is 11.8 Å². The van der Waals surface area contributed by atoms with E-state index in [1.165, 1.54) is 55.3 Å². The molecule has 9 N–H and O–H groups in total.